The van der Waals surface area contributed by atoms with Crippen molar-refractivity contribution in [3.63, 3.8) is 0 Å². The lowest BCUT2D eigenvalue weighted by Gasteiger charge is -2.45. The van der Waals surface area contributed by atoms with Gasteiger partial charge in [0.05, 0.1) is 6.04 Å². The third-order valence-corrected chi connectivity index (χ3v) is 4.78. The maximum absolute atomic E-state index is 14.2. The molecule has 1 aliphatic heterocycles. The van der Waals surface area contributed by atoms with Crippen LogP contribution in [0.4, 0.5) is 4.39 Å². The fraction of sp³-hybridized carbons (Fsp3) is 0.647. The zero-order chi connectivity index (χ0) is 14.9. The molecule has 2 nitrogen and oxygen atoms in total. The van der Waals surface area contributed by atoms with Gasteiger partial charge in [-0.05, 0) is 38.2 Å². The van der Waals surface area contributed by atoms with E-state index in [4.69, 9.17) is 5.73 Å². The molecule has 1 aromatic carbocycles. The molecule has 112 valence electrons. The summed E-state index contributed by atoms with van der Waals surface area (Å²) in [6.07, 6.45) is 1.24. The van der Waals surface area contributed by atoms with Gasteiger partial charge in [0.15, 0.2) is 0 Å². The molecule has 2 N–H and O–H groups in total. The lowest BCUT2D eigenvalue weighted by molar-refractivity contribution is 0.0412. The van der Waals surface area contributed by atoms with Gasteiger partial charge >= 0.3 is 0 Å². The molecule has 1 aliphatic rings. The van der Waals surface area contributed by atoms with E-state index in [2.05, 4.69) is 25.7 Å². The number of halogens is 1. The van der Waals surface area contributed by atoms with E-state index in [0.29, 0.717) is 24.4 Å². The molecule has 2 rings (SSSR count). The first kappa shape index (κ1) is 15.5. The highest BCUT2D eigenvalue weighted by Gasteiger charge is 2.34. The predicted molar refractivity (Wildman–Crippen MR) is 82.0 cm³/mol. The minimum Gasteiger partial charge on any atom is -0.329 e. The Morgan fingerprint density at radius 2 is 2.05 bits per heavy atom. The van der Waals surface area contributed by atoms with Gasteiger partial charge in [-0.25, -0.2) is 4.39 Å². The van der Waals surface area contributed by atoms with Crippen LogP contribution < -0.4 is 5.73 Å². The van der Waals surface area contributed by atoms with Gasteiger partial charge in [-0.1, -0.05) is 31.5 Å². The molecule has 3 heteroatoms. The molecule has 0 aliphatic carbocycles. The van der Waals surface area contributed by atoms with Crippen molar-refractivity contribution in [2.45, 2.75) is 46.2 Å². The van der Waals surface area contributed by atoms with Crippen molar-refractivity contribution in [2.24, 2.45) is 17.6 Å². The number of nitrogens with two attached hydrogens (primary N) is 1. The zero-order valence-electron chi connectivity index (χ0n) is 13.1. The number of nitrogens with zero attached hydrogens (tertiary/aromatic N) is 1. The van der Waals surface area contributed by atoms with Crippen molar-refractivity contribution in [3.8, 4) is 0 Å². The molecule has 0 aromatic heterocycles. The standard InChI is InChI=1S/C17H27FN2/c1-11-5-6-16(18)15(8-11)17(9-19)20-10-12(2)7-13(3)14(20)4/h5-6,8,12-14,17H,7,9-10,19H2,1-4H3. The monoisotopic (exact) mass is 278 g/mol. The van der Waals surface area contributed by atoms with Crippen LogP contribution in [-0.2, 0) is 0 Å². The van der Waals surface area contributed by atoms with E-state index in [-0.39, 0.29) is 11.9 Å². The van der Waals surface area contributed by atoms with Crippen LogP contribution in [-0.4, -0.2) is 24.0 Å². The average molecular weight is 278 g/mol. The molecule has 1 aromatic rings. The first-order valence-corrected chi connectivity index (χ1v) is 7.65. The number of piperidine rings is 1. The lowest BCUT2D eigenvalue weighted by atomic mass is 9.84. The van der Waals surface area contributed by atoms with Gasteiger partial charge < -0.3 is 5.73 Å². The van der Waals surface area contributed by atoms with E-state index >= 15 is 0 Å². The molecule has 4 unspecified atom stereocenters. The fourth-order valence-corrected chi connectivity index (χ4v) is 3.53. The second kappa shape index (κ2) is 6.23. The van der Waals surface area contributed by atoms with Crippen molar-refractivity contribution in [3.05, 3.63) is 35.1 Å². The molecule has 20 heavy (non-hydrogen) atoms. The summed E-state index contributed by atoms with van der Waals surface area (Å²) in [5.74, 6) is 1.13. The summed E-state index contributed by atoms with van der Waals surface area (Å²) in [6, 6.07) is 5.75. The van der Waals surface area contributed by atoms with Crippen LogP contribution in [0.25, 0.3) is 0 Å². The Morgan fingerprint density at radius 3 is 2.70 bits per heavy atom. The number of likely N-dealkylation sites (tertiary alicyclic amines) is 1. The molecular formula is C17H27FN2. The van der Waals surface area contributed by atoms with Gasteiger partial charge in [0, 0.05) is 24.7 Å². The van der Waals surface area contributed by atoms with E-state index in [1.807, 2.05) is 19.1 Å². The molecule has 0 amide bonds. The second-order valence-corrected chi connectivity index (χ2v) is 6.53. The minimum atomic E-state index is -0.135. The summed E-state index contributed by atoms with van der Waals surface area (Å²) < 4.78 is 14.2. The summed E-state index contributed by atoms with van der Waals surface area (Å²) >= 11 is 0. The summed E-state index contributed by atoms with van der Waals surface area (Å²) in [5.41, 5.74) is 7.84. The fourth-order valence-electron chi connectivity index (χ4n) is 3.53. The average Bonchev–Trinajstić information content (AvgIpc) is 2.40. The molecule has 0 saturated carbocycles. The van der Waals surface area contributed by atoms with Crippen molar-refractivity contribution < 1.29 is 4.39 Å². The molecule has 0 radical (unpaired) electrons. The maximum atomic E-state index is 14.2. The number of rotatable bonds is 3. The quantitative estimate of drug-likeness (QED) is 0.917. The number of hydrogen-bond acceptors (Lipinski definition) is 2. The molecule has 0 bridgehead atoms. The van der Waals surface area contributed by atoms with Gasteiger partial charge in [0.25, 0.3) is 0 Å². The molecule has 1 fully saturated rings. The number of hydrogen-bond donors (Lipinski definition) is 1. The van der Waals surface area contributed by atoms with Crippen molar-refractivity contribution in [2.75, 3.05) is 13.1 Å². The topological polar surface area (TPSA) is 29.3 Å². The van der Waals surface area contributed by atoms with Crippen LogP contribution in [0.3, 0.4) is 0 Å². The highest BCUT2D eigenvalue weighted by molar-refractivity contribution is 5.27. The van der Waals surface area contributed by atoms with Gasteiger partial charge in [-0.3, -0.25) is 4.90 Å². The molecule has 4 atom stereocenters. The first-order chi connectivity index (χ1) is 9.43. The Kier molecular flexibility index (Phi) is 4.82. The van der Waals surface area contributed by atoms with Crippen LogP contribution in [0.15, 0.2) is 18.2 Å². The van der Waals surface area contributed by atoms with Crippen molar-refractivity contribution in [1.29, 1.82) is 0 Å². The van der Waals surface area contributed by atoms with Crippen molar-refractivity contribution in [1.82, 2.24) is 4.90 Å². The first-order valence-electron chi connectivity index (χ1n) is 7.65. The van der Waals surface area contributed by atoms with Crippen molar-refractivity contribution >= 4 is 0 Å². The Morgan fingerprint density at radius 1 is 1.35 bits per heavy atom. The highest BCUT2D eigenvalue weighted by atomic mass is 19.1. The van der Waals surface area contributed by atoms with Crippen LogP contribution in [0.5, 0.6) is 0 Å². The van der Waals surface area contributed by atoms with Crippen LogP contribution in [0, 0.1) is 24.6 Å². The van der Waals surface area contributed by atoms with E-state index in [9.17, 15) is 4.39 Å². The summed E-state index contributed by atoms with van der Waals surface area (Å²) in [6.45, 7) is 10.3. The molecule has 0 spiro atoms. The Labute approximate surface area is 122 Å². The molecule has 1 heterocycles. The highest BCUT2D eigenvalue weighted by Crippen LogP contribution is 2.34. The Hall–Kier alpha value is -0.930. The van der Waals surface area contributed by atoms with Crippen LogP contribution in [0.2, 0.25) is 0 Å². The van der Waals surface area contributed by atoms with Gasteiger partial charge in [0.1, 0.15) is 5.82 Å². The third kappa shape index (κ3) is 3.04. The largest absolute Gasteiger partial charge is 0.329 e. The summed E-state index contributed by atoms with van der Waals surface area (Å²) in [5, 5.41) is 0. The van der Waals surface area contributed by atoms with E-state index in [0.717, 1.165) is 17.7 Å². The second-order valence-electron chi connectivity index (χ2n) is 6.53. The van der Waals surface area contributed by atoms with E-state index in [1.54, 1.807) is 6.07 Å². The molecule has 1 saturated heterocycles. The third-order valence-electron chi connectivity index (χ3n) is 4.78. The summed E-state index contributed by atoms with van der Waals surface area (Å²) in [4.78, 5) is 2.40. The van der Waals surface area contributed by atoms with E-state index < -0.39 is 0 Å². The SMILES string of the molecule is Cc1ccc(F)c(C(CN)N2CC(C)CC(C)C2C)c1. The minimum absolute atomic E-state index is 0.0184. The number of aryl methyl sites for hydroxylation is 1. The number of benzene rings is 1. The van der Waals surface area contributed by atoms with Gasteiger partial charge in [-0.15, -0.1) is 0 Å². The smallest absolute Gasteiger partial charge is 0.128 e. The normalized spacial score (nSPS) is 29.4. The van der Waals surface area contributed by atoms with Crippen LogP contribution >= 0.6 is 0 Å². The maximum Gasteiger partial charge on any atom is 0.128 e. The van der Waals surface area contributed by atoms with Gasteiger partial charge in [-0.2, -0.15) is 0 Å². The van der Waals surface area contributed by atoms with Gasteiger partial charge in [0.2, 0.25) is 0 Å². The van der Waals surface area contributed by atoms with E-state index in [1.165, 1.54) is 6.42 Å². The Balaban J connectivity index is 2.33. The lowest BCUT2D eigenvalue weighted by Crippen LogP contribution is -2.49. The summed E-state index contributed by atoms with van der Waals surface area (Å²) in [7, 11) is 0. The Bertz CT molecular complexity index is 460. The molecular weight excluding hydrogens is 251 g/mol. The zero-order valence-corrected chi connectivity index (χ0v) is 13.1. The van der Waals surface area contributed by atoms with Crippen LogP contribution in [0.1, 0.15) is 44.4 Å². The predicted octanol–water partition coefficient (Wildman–Crippen LogP) is 3.50.